The van der Waals surface area contributed by atoms with Gasteiger partial charge < -0.3 is 18.7 Å². The number of halogens is 1. The highest BCUT2D eigenvalue weighted by atomic mass is 35.5. The van der Waals surface area contributed by atoms with E-state index >= 15 is 4.57 Å². The van der Waals surface area contributed by atoms with Crippen molar-refractivity contribution >= 4 is 36.9 Å². The molecule has 1 aliphatic rings. The Hall–Kier alpha value is -4.26. The molecule has 0 saturated carbocycles. The summed E-state index contributed by atoms with van der Waals surface area (Å²) < 4.78 is 33.4. The first kappa shape index (κ1) is 29.2. The minimum Gasteiger partial charge on any atom is -0.444 e. The Morgan fingerprint density at radius 1 is 0.857 bits per heavy atom. The third kappa shape index (κ3) is 5.87. The van der Waals surface area contributed by atoms with Crippen LogP contribution in [0.25, 0.3) is 0 Å². The summed E-state index contributed by atoms with van der Waals surface area (Å²) in [5.74, 6) is -0.398. The fraction of sp³-hybridized carbons (Fsp3) is 0.188. The van der Waals surface area contributed by atoms with Gasteiger partial charge in [0.2, 0.25) is 0 Å². The maximum absolute atomic E-state index is 15.5. The normalized spacial score (nSPS) is 16.5. The predicted molar refractivity (Wildman–Crippen MR) is 162 cm³/mol. The van der Waals surface area contributed by atoms with Crippen LogP contribution in [0, 0.1) is 0 Å². The van der Waals surface area contributed by atoms with Crippen molar-refractivity contribution in [1.29, 1.82) is 0 Å². The summed E-state index contributed by atoms with van der Waals surface area (Å²) in [7, 11) is -4.77. The Morgan fingerprint density at radius 2 is 1.38 bits per heavy atom. The van der Waals surface area contributed by atoms with E-state index in [0.717, 1.165) is 5.56 Å². The lowest BCUT2D eigenvalue weighted by atomic mass is 10.1. The van der Waals surface area contributed by atoms with Crippen molar-refractivity contribution in [1.82, 2.24) is 5.32 Å². The van der Waals surface area contributed by atoms with Crippen LogP contribution in [-0.2, 0) is 25.9 Å². The number of fused-ring (bicyclic) bond motifs is 1. The summed E-state index contributed by atoms with van der Waals surface area (Å²) in [5, 5.41) is 0.530. The largest absolute Gasteiger partial charge is 0.470 e. The van der Waals surface area contributed by atoms with E-state index in [1.807, 2.05) is 30.3 Å². The van der Waals surface area contributed by atoms with Crippen molar-refractivity contribution in [3.05, 3.63) is 125 Å². The molecule has 0 saturated heterocycles. The van der Waals surface area contributed by atoms with Gasteiger partial charge in [-0.25, -0.2) is 9.36 Å². The molecule has 1 N–H and O–H groups in total. The minimum absolute atomic E-state index is 0.114. The Labute approximate surface area is 249 Å². The number of hydrogen-bond acceptors (Lipinski definition) is 6. The highest BCUT2D eigenvalue weighted by Gasteiger charge is 2.68. The van der Waals surface area contributed by atoms with Crippen LogP contribution in [0.2, 0.25) is 5.02 Å². The number of para-hydroxylation sites is 2. The molecular weight excluding hydrogens is 575 g/mol. The van der Waals surface area contributed by atoms with Gasteiger partial charge in [0.05, 0.1) is 12.2 Å². The quantitative estimate of drug-likeness (QED) is 0.205. The summed E-state index contributed by atoms with van der Waals surface area (Å²) in [6.07, 6.45) is -0.989. The molecule has 0 radical (unpaired) electrons. The summed E-state index contributed by atoms with van der Waals surface area (Å²) >= 11 is 6.47. The number of rotatable bonds is 8. The molecule has 0 aromatic heterocycles. The molecule has 1 atom stereocenters. The van der Waals surface area contributed by atoms with Crippen LogP contribution in [-0.4, -0.2) is 17.6 Å². The first-order chi connectivity index (χ1) is 20.0. The molecule has 10 heteroatoms. The molecule has 4 aromatic carbocycles. The summed E-state index contributed by atoms with van der Waals surface area (Å²) in [4.78, 5) is 29.8. The zero-order valence-electron chi connectivity index (χ0n) is 23.3. The van der Waals surface area contributed by atoms with Gasteiger partial charge in [-0.05, 0) is 68.8 Å². The predicted octanol–water partition coefficient (Wildman–Crippen LogP) is 7.92. The zero-order chi connectivity index (χ0) is 30.0. The molecule has 1 aliphatic heterocycles. The van der Waals surface area contributed by atoms with Gasteiger partial charge in [-0.2, -0.15) is 0 Å². The molecule has 42 heavy (non-hydrogen) atoms. The maximum atomic E-state index is 15.5. The second-order valence-corrected chi connectivity index (χ2v) is 13.1. The Balaban J connectivity index is 1.75. The van der Waals surface area contributed by atoms with E-state index in [-0.39, 0.29) is 28.6 Å². The SMILES string of the molecule is CC(C)(C)OC(=O)N[C@]1(P(=O)(Oc2ccccc2)Oc2ccccc2)C(=O)N(Cc2ccccc2)c2ccc(Cl)cc21. The Bertz CT molecular complexity index is 1580. The van der Waals surface area contributed by atoms with Crippen LogP contribution in [0.1, 0.15) is 31.9 Å². The highest BCUT2D eigenvalue weighted by Crippen LogP contribution is 2.67. The molecule has 0 bridgehead atoms. The van der Waals surface area contributed by atoms with Gasteiger partial charge in [-0.3, -0.25) is 10.1 Å². The van der Waals surface area contributed by atoms with E-state index in [1.165, 1.54) is 11.0 Å². The van der Waals surface area contributed by atoms with Crippen molar-refractivity contribution in [2.24, 2.45) is 0 Å². The number of benzene rings is 4. The molecule has 0 aliphatic carbocycles. The van der Waals surface area contributed by atoms with Gasteiger partial charge in [0, 0.05) is 10.6 Å². The molecule has 0 fully saturated rings. The van der Waals surface area contributed by atoms with Crippen molar-refractivity contribution in [3.8, 4) is 11.5 Å². The van der Waals surface area contributed by atoms with Gasteiger partial charge in [-0.1, -0.05) is 78.3 Å². The van der Waals surface area contributed by atoms with Crippen LogP contribution in [0.4, 0.5) is 10.5 Å². The number of nitrogens with one attached hydrogen (secondary N) is 1. The van der Waals surface area contributed by atoms with Crippen LogP contribution >= 0.6 is 19.2 Å². The molecule has 216 valence electrons. The van der Waals surface area contributed by atoms with Crippen molar-refractivity contribution in [3.63, 3.8) is 0 Å². The number of carbonyl (C=O) groups is 2. The van der Waals surface area contributed by atoms with Gasteiger partial charge in [-0.15, -0.1) is 0 Å². The molecule has 8 nitrogen and oxygen atoms in total. The Morgan fingerprint density at radius 3 is 1.90 bits per heavy atom. The molecule has 2 amide bonds. The fourth-order valence-corrected chi connectivity index (χ4v) is 7.02. The second kappa shape index (κ2) is 11.6. The van der Waals surface area contributed by atoms with Crippen LogP contribution in [0.15, 0.2) is 109 Å². The molecule has 5 rings (SSSR count). The number of carbonyl (C=O) groups excluding carboxylic acids is 2. The number of anilines is 1. The summed E-state index contributed by atoms with van der Waals surface area (Å²) in [6, 6.07) is 30.7. The molecule has 1 heterocycles. The Kier molecular flexibility index (Phi) is 8.04. The van der Waals surface area contributed by atoms with Crippen LogP contribution < -0.4 is 19.3 Å². The van der Waals surface area contributed by atoms with Crippen molar-refractivity contribution in [2.45, 2.75) is 38.2 Å². The average Bonchev–Trinajstić information content (AvgIpc) is 3.17. The van der Waals surface area contributed by atoms with Gasteiger partial charge in [0.15, 0.2) is 0 Å². The van der Waals surface area contributed by atoms with Gasteiger partial charge in [0.1, 0.15) is 17.1 Å². The zero-order valence-corrected chi connectivity index (χ0v) is 25.0. The molecule has 4 aromatic rings. The van der Waals surface area contributed by atoms with E-state index in [0.29, 0.717) is 5.69 Å². The molecular formula is C32H30ClN2O6P. The van der Waals surface area contributed by atoms with E-state index < -0.39 is 30.5 Å². The lowest BCUT2D eigenvalue weighted by Gasteiger charge is -2.36. The minimum atomic E-state index is -4.77. The van der Waals surface area contributed by atoms with E-state index in [9.17, 15) is 9.59 Å². The smallest absolute Gasteiger partial charge is 0.444 e. The number of ether oxygens (including phenoxy) is 1. The van der Waals surface area contributed by atoms with E-state index in [2.05, 4.69) is 5.32 Å². The topological polar surface area (TPSA) is 94.2 Å². The van der Waals surface area contributed by atoms with Crippen molar-refractivity contribution in [2.75, 3.05) is 4.90 Å². The van der Waals surface area contributed by atoms with Crippen LogP contribution in [0.5, 0.6) is 11.5 Å². The number of nitrogens with zero attached hydrogens (tertiary/aromatic N) is 1. The standard InChI is InChI=1S/C32H30ClN2O6P/c1-31(2,3)39-30(37)34-32(42(38,40-25-15-9-5-10-16-25)41-26-17-11-6-12-18-26)27-21-24(33)19-20-28(27)35(29(32)36)22-23-13-7-4-8-14-23/h4-21H,22H2,1-3H3,(H,34,37)/t32-/m1/s1. The second-order valence-electron chi connectivity index (χ2n) is 10.7. The average molecular weight is 605 g/mol. The van der Waals surface area contributed by atoms with E-state index in [1.54, 1.807) is 93.6 Å². The number of hydrogen-bond donors (Lipinski definition) is 1. The van der Waals surface area contributed by atoms with Gasteiger partial charge >= 0.3 is 13.7 Å². The molecule has 0 unspecified atom stereocenters. The highest BCUT2D eigenvalue weighted by molar-refractivity contribution is 7.57. The van der Waals surface area contributed by atoms with E-state index in [4.69, 9.17) is 25.4 Å². The van der Waals surface area contributed by atoms with Crippen LogP contribution in [0.3, 0.4) is 0 Å². The van der Waals surface area contributed by atoms with Gasteiger partial charge in [0.25, 0.3) is 11.2 Å². The van der Waals surface area contributed by atoms with Crippen molar-refractivity contribution < 1.29 is 27.9 Å². The maximum Gasteiger partial charge on any atom is 0.470 e. The lowest BCUT2D eigenvalue weighted by Crippen LogP contribution is -2.55. The third-order valence-corrected chi connectivity index (χ3v) is 8.91. The molecule has 0 spiro atoms. The third-order valence-electron chi connectivity index (χ3n) is 6.41. The first-order valence-electron chi connectivity index (χ1n) is 13.3. The first-order valence-corrected chi connectivity index (χ1v) is 15.2. The fourth-order valence-electron chi connectivity index (χ4n) is 4.68. The monoisotopic (exact) mass is 604 g/mol. The summed E-state index contributed by atoms with van der Waals surface area (Å²) in [6.45, 7) is 5.16. The number of alkyl carbamates (subject to hydrolysis) is 1. The lowest BCUT2D eigenvalue weighted by molar-refractivity contribution is -0.122. The number of amides is 2. The summed E-state index contributed by atoms with van der Waals surface area (Å²) in [5.41, 5.74) is 0.413.